The molecule has 1 amide bonds. The molecular weight excluding hydrogens is 306 g/mol. The molecule has 1 saturated heterocycles. The predicted octanol–water partition coefficient (Wildman–Crippen LogP) is 2.67. The molecule has 1 aliphatic rings. The third kappa shape index (κ3) is 4.06. The summed E-state index contributed by atoms with van der Waals surface area (Å²) < 4.78 is 16.5. The number of ether oxygens (including phenoxy) is 3. The number of benzene rings is 2. The maximum atomic E-state index is 12.4. The number of rotatable bonds is 5. The summed E-state index contributed by atoms with van der Waals surface area (Å²) in [5, 5.41) is 0. The highest BCUT2D eigenvalue weighted by atomic mass is 16.5. The Kier molecular flexibility index (Phi) is 5.33. The van der Waals surface area contributed by atoms with Gasteiger partial charge in [0, 0.05) is 12.6 Å². The predicted molar refractivity (Wildman–Crippen MR) is 90.2 cm³/mol. The Morgan fingerprint density at radius 1 is 1.17 bits per heavy atom. The zero-order chi connectivity index (χ0) is 16.8. The molecule has 2 aromatic rings. The number of carbonyl (C=O) groups is 1. The molecule has 0 bridgehead atoms. The summed E-state index contributed by atoms with van der Waals surface area (Å²) in [6, 6.07) is 17.2. The maximum Gasteiger partial charge on any atom is 0.260 e. The monoisotopic (exact) mass is 327 g/mol. The quantitative estimate of drug-likeness (QED) is 0.847. The second-order valence-corrected chi connectivity index (χ2v) is 5.58. The van der Waals surface area contributed by atoms with E-state index in [0.717, 1.165) is 5.56 Å². The van der Waals surface area contributed by atoms with Gasteiger partial charge in [-0.2, -0.15) is 0 Å². The van der Waals surface area contributed by atoms with Gasteiger partial charge in [-0.3, -0.25) is 4.79 Å². The van der Waals surface area contributed by atoms with Crippen molar-refractivity contribution in [3.05, 3.63) is 60.2 Å². The van der Waals surface area contributed by atoms with Crippen molar-refractivity contribution in [3.8, 4) is 11.5 Å². The SMILES string of the molecule is COc1cccc(OCC(=O)N2CCOC(c3ccccc3)C2)c1. The second-order valence-electron chi connectivity index (χ2n) is 5.58. The highest BCUT2D eigenvalue weighted by Crippen LogP contribution is 2.22. The standard InChI is InChI=1S/C19H21NO4/c1-22-16-8-5-9-17(12-16)24-14-19(21)20-10-11-23-18(13-20)15-6-3-2-4-7-15/h2-9,12,18H,10-11,13-14H2,1H3. The first-order chi connectivity index (χ1) is 11.8. The molecule has 3 rings (SSSR count). The molecule has 0 aromatic heterocycles. The lowest BCUT2D eigenvalue weighted by Gasteiger charge is -2.33. The first kappa shape index (κ1) is 16.3. The summed E-state index contributed by atoms with van der Waals surface area (Å²) >= 11 is 0. The fraction of sp³-hybridized carbons (Fsp3) is 0.316. The Bertz CT molecular complexity index is 674. The van der Waals surface area contributed by atoms with Gasteiger partial charge >= 0.3 is 0 Å². The number of methoxy groups -OCH3 is 1. The van der Waals surface area contributed by atoms with Crippen molar-refractivity contribution < 1.29 is 19.0 Å². The van der Waals surface area contributed by atoms with Crippen molar-refractivity contribution in [2.24, 2.45) is 0 Å². The zero-order valence-corrected chi connectivity index (χ0v) is 13.7. The van der Waals surface area contributed by atoms with E-state index in [0.29, 0.717) is 31.2 Å². The highest BCUT2D eigenvalue weighted by molar-refractivity contribution is 5.78. The molecule has 0 saturated carbocycles. The maximum absolute atomic E-state index is 12.4. The molecule has 126 valence electrons. The molecular formula is C19H21NO4. The lowest BCUT2D eigenvalue weighted by molar-refractivity contribution is -0.141. The fourth-order valence-corrected chi connectivity index (χ4v) is 2.67. The van der Waals surface area contributed by atoms with E-state index in [1.54, 1.807) is 18.1 Å². The van der Waals surface area contributed by atoms with E-state index in [1.807, 2.05) is 48.5 Å². The number of morpholine rings is 1. The number of amides is 1. The third-order valence-electron chi connectivity index (χ3n) is 3.99. The van der Waals surface area contributed by atoms with Gasteiger partial charge in [-0.1, -0.05) is 36.4 Å². The summed E-state index contributed by atoms with van der Waals surface area (Å²) in [5.41, 5.74) is 1.09. The topological polar surface area (TPSA) is 48.0 Å². The Labute approximate surface area is 141 Å². The summed E-state index contributed by atoms with van der Waals surface area (Å²) in [6.45, 7) is 1.67. The van der Waals surface area contributed by atoms with Gasteiger partial charge in [0.05, 0.1) is 20.3 Å². The van der Waals surface area contributed by atoms with Gasteiger partial charge in [0.25, 0.3) is 5.91 Å². The summed E-state index contributed by atoms with van der Waals surface area (Å²) in [5.74, 6) is 1.29. The van der Waals surface area contributed by atoms with Crippen molar-refractivity contribution in [1.29, 1.82) is 0 Å². The molecule has 1 heterocycles. The van der Waals surface area contributed by atoms with E-state index in [2.05, 4.69) is 0 Å². The van der Waals surface area contributed by atoms with Crippen LogP contribution < -0.4 is 9.47 Å². The van der Waals surface area contributed by atoms with Crippen molar-refractivity contribution in [2.45, 2.75) is 6.10 Å². The van der Waals surface area contributed by atoms with Crippen LogP contribution in [0, 0.1) is 0 Å². The highest BCUT2D eigenvalue weighted by Gasteiger charge is 2.25. The largest absolute Gasteiger partial charge is 0.497 e. The van der Waals surface area contributed by atoms with Gasteiger partial charge in [0.15, 0.2) is 6.61 Å². The Balaban J connectivity index is 1.56. The second kappa shape index (κ2) is 7.84. The van der Waals surface area contributed by atoms with Crippen LogP contribution in [0.2, 0.25) is 0 Å². The van der Waals surface area contributed by atoms with Crippen LogP contribution in [-0.4, -0.2) is 44.2 Å². The van der Waals surface area contributed by atoms with Gasteiger partial charge in [-0.05, 0) is 17.7 Å². The van der Waals surface area contributed by atoms with E-state index in [-0.39, 0.29) is 18.6 Å². The minimum absolute atomic E-state index is 0.00861. The molecule has 0 N–H and O–H groups in total. The molecule has 2 aromatic carbocycles. The molecule has 1 aliphatic heterocycles. The van der Waals surface area contributed by atoms with Crippen molar-refractivity contribution in [2.75, 3.05) is 33.4 Å². The molecule has 24 heavy (non-hydrogen) atoms. The third-order valence-corrected chi connectivity index (χ3v) is 3.99. The van der Waals surface area contributed by atoms with Gasteiger partial charge in [0.2, 0.25) is 0 Å². The first-order valence-corrected chi connectivity index (χ1v) is 7.97. The Morgan fingerprint density at radius 2 is 1.96 bits per heavy atom. The molecule has 0 spiro atoms. The van der Waals surface area contributed by atoms with Gasteiger partial charge in [0.1, 0.15) is 17.6 Å². The number of hydrogen-bond acceptors (Lipinski definition) is 4. The fourth-order valence-electron chi connectivity index (χ4n) is 2.67. The van der Waals surface area contributed by atoms with Crippen molar-refractivity contribution in [3.63, 3.8) is 0 Å². The van der Waals surface area contributed by atoms with Crippen LogP contribution in [-0.2, 0) is 9.53 Å². The summed E-state index contributed by atoms with van der Waals surface area (Å²) in [7, 11) is 1.60. The van der Waals surface area contributed by atoms with E-state index < -0.39 is 0 Å². The number of nitrogens with zero attached hydrogens (tertiary/aromatic N) is 1. The average molecular weight is 327 g/mol. The van der Waals surface area contributed by atoms with Gasteiger partial charge in [-0.15, -0.1) is 0 Å². The van der Waals surface area contributed by atoms with Crippen LogP contribution in [0.4, 0.5) is 0 Å². The molecule has 0 aliphatic carbocycles. The minimum Gasteiger partial charge on any atom is -0.497 e. The van der Waals surface area contributed by atoms with E-state index in [9.17, 15) is 4.79 Å². The van der Waals surface area contributed by atoms with Crippen LogP contribution in [0.15, 0.2) is 54.6 Å². The normalized spacial score (nSPS) is 17.4. The Hall–Kier alpha value is -2.53. The van der Waals surface area contributed by atoms with Crippen LogP contribution >= 0.6 is 0 Å². The van der Waals surface area contributed by atoms with Crippen LogP contribution in [0.5, 0.6) is 11.5 Å². The van der Waals surface area contributed by atoms with Crippen molar-refractivity contribution >= 4 is 5.91 Å². The molecule has 1 unspecified atom stereocenters. The summed E-state index contributed by atoms with van der Waals surface area (Å²) in [4.78, 5) is 14.2. The molecule has 5 nitrogen and oxygen atoms in total. The van der Waals surface area contributed by atoms with E-state index in [4.69, 9.17) is 14.2 Å². The lowest BCUT2D eigenvalue weighted by Crippen LogP contribution is -2.44. The van der Waals surface area contributed by atoms with Gasteiger partial charge in [-0.25, -0.2) is 0 Å². The van der Waals surface area contributed by atoms with Crippen LogP contribution in [0.1, 0.15) is 11.7 Å². The minimum atomic E-state index is -0.0827. The van der Waals surface area contributed by atoms with Crippen molar-refractivity contribution in [1.82, 2.24) is 4.90 Å². The first-order valence-electron chi connectivity index (χ1n) is 7.97. The lowest BCUT2D eigenvalue weighted by atomic mass is 10.1. The van der Waals surface area contributed by atoms with E-state index in [1.165, 1.54) is 0 Å². The van der Waals surface area contributed by atoms with Crippen LogP contribution in [0.3, 0.4) is 0 Å². The van der Waals surface area contributed by atoms with Crippen LogP contribution in [0.25, 0.3) is 0 Å². The summed E-state index contributed by atoms with van der Waals surface area (Å²) in [6.07, 6.45) is -0.0827. The smallest absolute Gasteiger partial charge is 0.260 e. The zero-order valence-electron chi connectivity index (χ0n) is 13.7. The Morgan fingerprint density at radius 3 is 2.75 bits per heavy atom. The molecule has 5 heteroatoms. The number of carbonyl (C=O) groups excluding carboxylic acids is 1. The van der Waals surface area contributed by atoms with E-state index >= 15 is 0 Å². The molecule has 1 atom stereocenters. The number of hydrogen-bond donors (Lipinski definition) is 0. The average Bonchev–Trinajstić information content (AvgIpc) is 2.67. The van der Waals surface area contributed by atoms with Gasteiger partial charge < -0.3 is 19.1 Å². The molecule has 1 fully saturated rings. The molecule has 0 radical (unpaired) electrons.